The molecular weight excluding hydrogens is 385 g/mol. The molecule has 2 rings (SSSR count). The van der Waals surface area contributed by atoms with E-state index in [4.69, 9.17) is 23.2 Å². The lowest BCUT2D eigenvalue weighted by molar-refractivity contribution is 0.298. The van der Waals surface area contributed by atoms with Gasteiger partial charge in [-0.25, -0.2) is 13.1 Å². The summed E-state index contributed by atoms with van der Waals surface area (Å²) in [4.78, 5) is 0.198. The fourth-order valence-electron chi connectivity index (χ4n) is 2.48. The summed E-state index contributed by atoms with van der Waals surface area (Å²) in [5.41, 5.74) is -0.523. The van der Waals surface area contributed by atoms with E-state index in [0.717, 1.165) is 32.1 Å². The van der Waals surface area contributed by atoms with E-state index in [0.29, 0.717) is 15.4 Å². The Morgan fingerprint density at radius 3 is 2.45 bits per heavy atom. The van der Waals surface area contributed by atoms with Crippen molar-refractivity contribution in [1.82, 2.24) is 4.72 Å². The van der Waals surface area contributed by atoms with Crippen molar-refractivity contribution in [3.05, 3.63) is 27.7 Å². The van der Waals surface area contributed by atoms with Gasteiger partial charge in [0, 0.05) is 15.9 Å². The highest BCUT2D eigenvalue weighted by Gasteiger charge is 2.35. The van der Waals surface area contributed by atoms with Gasteiger partial charge in [0.25, 0.3) is 0 Å². The molecule has 1 fully saturated rings. The summed E-state index contributed by atoms with van der Waals surface area (Å²) in [5, 5.41) is 0.480. The zero-order chi connectivity index (χ0) is 14.8. The molecule has 1 aromatic rings. The van der Waals surface area contributed by atoms with Crippen molar-refractivity contribution in [3.63, 3.8) is 0 Å². The van der Waals surface area contributed by atoms with Crippen LogP contribution in [0, 0.1) is 0 Å². The Bertz CT molecular complexity index is 586. The fraction of sp³-hybridized carbons (Fsp3) is 0.538. The summed E-state index contributed by atoms with van der Waals surface area (Å²) in [5.74, 6) is 0.293. The van der Waals surface area contributed by atoms with Crippen LogP contribution in [0.15, 0.2) is 27.6 Å². The number of alkyl halides is 1. The summed E-state index contributed by atoms with van der Waals surface area (Å²) < 4.78 is 28.3. The van der Waals surface area contributed by atoms with Crippen LogP contribution in [0.1, 0.15) is 32.1 Å². The lowest BCUT2D eigenvalue weighted by Gasteiger charge is -2.36. The molecule has 0 amide bonds. The van der Waals surface area contributed by atoms with Crippen molar-refractivity contribution in [2.24, 2.45) is 0 Å². The van der Waals surface area contributed by atoms with Gasteiger partial charge in [0.2, 0.25) is 10.0 Å². The SMILES string of the molecule is O=S(=O)(NC1(CCl)CCCCC1)c1ccc(Cl)c(Br)c1. The lowest BCUT2D eigenvalue weighted by Crippen LogP contribution is -2.51. The van der Waals surface area contributed by atoms with Gasteiger partial charge in [0.15, 0.2) is 0 Å². The predicted molar refractivity (Wildman–Crippen MR) is 86.0 cm³/mol. The van der Waals surface area contributed by atoms with Gasteiger partial charge >= 0.3 is 0 Å². The van der Waals surface area contributed by atoms with Gasteiger partial charge in [-0.3, -0.25) is 0 Å². The smallest absolute Gasteiger partial charge is 0.207 e. The van der Waals surface area contributed by atoms with Crippen LogP contribution in [-0.4, -0.2) is 19.8 Å². The standard InChI is InChI=1S/C13H16BrCl2NO2S/c14-11-8-10(4-5-12(11)16)20(18,19)17-13(9-15)6-2-1-3-7-13/h4-5,8,17H,1-3,6-7,9H2. The number of hydrogen-bond donors (Lipinski definition) is 1. The normalized spacial score (nSPS) is 18.9. The summed E-state index contributed by atoms with van der Waals surface area (Å²) >= 11 is 15.2. The number of hydrogen-bond acceptors (Lipinski definition) is 2. The van der Waals surface area contributed by atoms with Gasteiger partial charge in [-0.1, -0.05) is 30.9 Å². The summed E-state index contributed by atoms with van der Waals surface area (Å²) in [6.45, 7) is 0. The van der Waals surface area contributed by atoms with Crippen LogP contribution in [0.4, 0.5) is 0 Å². The van der Waals surface area contributed by atoms with Gasteiger partial charge < -0.3 is 0 Å². The molecule has 3 nitrogen and oxygen atoms in total. The number of halogens is 3. The maximum atomic E-state index is 12.5. The minimum Gasteiger partial charge on any atom is -0.207 e. The van der Waals surface area contributed by atoms with Crippen molar-refractivity contribution >= 4 is 49.2 Å². The second kappa shape index (κ2) is 6.53. The molecule has 0 radical (unpaired) electrons. The Labute approximate surface area is 138 Å². The Balaban J connectivity index is 2.27. The highest BCUT2D eigenvalue weighted by molar-refractivity contribution is 9.10. The first-order chi connectivity index (χ1) is 9.38. The lowest BCUT2D eigenvalue weighted by atomic mass is 9.84. The van der Waals surface area contributed by atoms with Crippen molar-refractivity contribution in [1.29, 1.82) is 0 Å². The highest BCUT2D eigenvalue weighted by Crippen LogP contribution is 2.32. The van der Waals surface area contributed by atoms with Gasteiger partial charge in [-0.15, -0.1) is 11.6 Å². The molecule has 1 aliphatic rings. The zero-order valence-electron chi connectivity index (χ0n) is 10.8. The summed E-state index contributed by atoms with van der Waals surface area (Å²) in [7, 11) is -3.59. The molecule has 0 unspecified atom stereocenters. The molecule has 7 heteroatoms. The van der Waals surface area contributed by atoms with E-state index >= 15 is 0 Å². The van der Waals surface area contributed by atoms with Crippen LogP contribution in [0.3, 0.4) is 0 Å². The predicted octanol–water partition coefficient (Wildman–Crippen LogP) is 4.32. The fourth-order valence-corrected chi connectivity index (χ4v) is 5.03. The molecule has 112 valence electrons. The molecule has 0 heterocycles. The Kier molecular flexibility index (Phi) is 5.40. The van der Waals surface area contributed by atoms with E-state index in [2.05, 4.69) is 20.7 Å². The molecule has 0 spiro atoms. The van der Waals surface area contributed by atoms with E-state index in [1.54, 1.807) is 6.07 Å². The average Bonchev–Trinajstić information content (AvgIpc) is 2.42. The molecule has 1 aromatic carbocycles. The quantitative estimate of drug-likeness (QED) is 0.764. The number of rotatable bonds is 4. The first-order valence-corrected chi connectivity index (χ1v) is 9.62. The number of nitrogens with one attached hydrogen (secondary N) is 1. The number of sulfonamides is 1. The van der Waals surface area contributed by atoms with E-state index in [9.17, 15) is 8.42 Å². The van der Waals surface area contributed by atoms with Crippen molar-refractivity contribution in [3.8, 4) is 0 Å². The third-order valence-electron chi connectivity index (χ3n) is 3.62. The van der Waals surface area contributed by atoms with Crippen molar-refractivity contribution in [2.45, 2.75) is 42.5 Å². The van der Waals surface area contributed by atoms with Crippen LogP contribution >= 0.6 is 39.1 Å². The second-order valence-electron chi connectivity index (χ2n) is 5.16. The molecule has 0 aromatic heterocycles. The first-order valence-electron chi connectivity index (χ1n) is 6.44. The molecule has 1 aliphatic carbocycles. The minimum atomic E-state index is -3.59. The topological polar surface area (TPSA) is 46.2 Å². The van der Waals surface area contributed by atoms with Crippen LogP contribution in [0.2, 0.25) is 5.02 Å². The van der Waals surface area contributed by atoms with E-state index < -0.39 is 15.6 Å². The largest absolute Gasteiger partial charge is 0.241 e. The highest BCUT2D eigenvalue weighted by atomic mass is 79.9. The van der Waals surface area contributed by atoms with Crippen molar-refractivity contribution in [2.75, 3.05) is 5.88 Å². The van der Waals surface area contributed by atoms with Gasteiger partial charge in [-0.05, 0) is 47.0 Å². The monoisotopic (exact) mass is 399 g/mol. The van der Waals surface area contributed by atoms with E-state index in [1.165, 1.54) is 12.1 Å². The summed E-state index contributed by atoms with van der Waals surface area (Å²) in [6, 6.07) is 4.57. The molecule has 0 saturated heterocycles. The summed E-state index contributed by atoms with van der Waals surface area (Å²) in [6.07, 6.45) is 4.70. The molecule has 0 bridgehead atoms. The van der Waals surface area contributed by atoms with Crippen LogP contribution in [0.5, 0.6) is 0 Å². The van der Waals surface area contributed by atoms with E-state index in [-0.39, 0.29) is 4.90 Å². The third-order valence-corrected chi connectivity index (χ3v) is 6.92. The minimum absolute atomic E-state index is 0.198. The van der Waals surface area contributed by atoms with Crippen LogP contribution in [0.25, 0.3) is 0 Å². The zero-order valence-corrected chi connectivity index (χ0v) is 14.7. The molecular formula is C13H16BrCl2NO2S. The van der Waals surface area contributed by atoms with Gasteiger partial charge in [0.05, 0.1) is 9.92 Å². The van der Waals surface area contributed by atoms with Crippen LogP contribution in [-0.2, 0) is 10.0 Å². The first kappa shape index (κ1) is 16.6. The molecule has 0 aliphatic heterocycles. The van der Waals surface area contributed by atoms with Crippen LogP contribution < -0.4 is 4.72 Å². The third kappa shape index (κ3) is 3.69. The molecule has 1 saturated carbocycles. The molecule has 1 N–H and O–H groups in total. The average molecular weight is 401 g/mol. The number of benzene rings is 1. The maximum Gasteiger partial charge on any atom is 0.241 e. The van der Waals surface area contributed by atoms with Crippen molar-refractivity contribution < 1.29 is 8.42 Å². The van der Waals surface area contributed by atoms with Gasteiger partial charge in [0.1, 0.15) is 0 Å². The Morgan fingerprint density at radius 1 is 1.25 bits per heavy atom. The maximum absolute atomic E-state index is 12.5. The van der Waals surface area contributed by atoms with Gasteiger partial charge in [-0.2, -0.15) is 0 Å². The molecule has 20 heavy (non-hydrogen) atoms. The van der Waals surface area contributed by atoms with E-state index in [1.807, 2.05) is 0 Å². The Hall–Kier alpha value is 0.190. The second-order valence-corrected chi connectivity index (χ2v) is 8.37. The Morgan fingerprint density at radius 2 is 1.90 bits per heavy atom. The molecule has 0 atom stereocenters.